The van der Waals surface area contributed by atoms with Crippen molar-refractivity contribution in [3.63, 3.8) is 0 Å². The van der Waals surface area contributed by atoms with Gasteiger partial charge >= 0.3 is 0 Å². The van der Waals surface area contributed by atoms with E-state index in [2.05, 4.69) is 10.3 Å². The molecule has 1 aromatic carbocycles. The molecule has 1 aliphatic rings. The summed E-state index contributed by atoms with van der Waals surface area (Å²) >= 11 is 5.67. The standard InChI is InChI=1S/C12H12ClN3O2/c13-4-3-9-8-16(15-14-9)10-1-2-11-12(7-10)18-6-5-17-11/h1-2,7-8H,3-6H2. The Balaban J connectivity index is 1.91. The van der Waals surface area contributed by atoms with Gasteiger partial charge in [-0.1, -0.05) is 5.21 Å². The molecule has 2 aromatic rings. The first-order valence-electron chi connectivity index (χ1n) is 5.74. The Hall–Kier alpha value is -1.75. The molecule has 0 unspecified atom stereocenters. The van der Waals surface area contributed by atoms with Crippen molar-refractivity contribution in [2.45, 2.75) is 6.42 Å². The normalized spacial score (nSPS) is 13.6. The molecule has 0 fully saturated rings. The largest absolute Gasteiger partial charge is 0.486 e. The van der Waals surface area contributed by atoms with Crippen molar-refractivity contribution >= 4 is 11.6 Å². The molecular formula is C12H12ClN3O2. The van der Waals surface area contributed by atoms with Gasteiger partial charge in [0.25, 0.3) is 0 Å². The summed E-state index contributed by atoms with van der Waals surface area (Å²) in [7, 11) is 0. The van der Waals surface area contributed by atoms with Gasteiger partial charge in [-0.25, -0.2) is 4.68 Å². The molecule has 0 N–H and O–H groups in total. The third-order valence-corrected chi connectivity index (χ3v) is 2.87. The Morgan fingerprint density at radius 3 is 2.89 bits per heavy atom. The average Bonchev–Trinajstić information content (AvgIpc) is 2.87. The first kappa shape index (κ1) is 11.3. The Morgan fingerprint density at radius 1 is 1.22 bits per heavy atom. The molecule has 6 heteroatoms. The van der Waals surface area contributed by atoms with Crippen molar-refractivity contribution < 1.29 is 9.47 Å². The van der Waals surface area contributed by atoms with E-state index in [1.807, 2.05) is 24.4 Å². The van der Waals surface area contributed by atoms with Crippen molar-refractivity contribution in [3.8, 4) is 17.2 Å². The maximum atomic E-state index is 5.67. The summed E-state index contributed by atoms with van der Waals surface area (Å²) in [5, 5.41) is 8.12. The maximum Gasteiger partial charge on any atom is 0.163 e. The van der Waals surface area contributed by atoms with Crippen LogP contribution in [0.2, 0.25) is 0 Å². The second kappa shape index (κ2) is 4.86. The van der Waals surface area contributed by atoms with E-state index >= 15 is 0 Å². The van der Waals surface area contributed by atoms with Gasteiger partial charge < -0.3 is 9.47 Å². The number of nitrogens with zero attached hydrogens (tertiary/aromatic N) is 3. The van der Waals surface area contributed by atoms with Crippen LogP contribution >= 0.6 is 11.6 Å². The average molecular weight is 266 g/mol. The summed E-state index contributed by atoms with van der Waals surface area (Å²) in [6.07, 6.45) is 2.58. The highest BCUT2D eigenvalue weighted by atomic mass is 35.5. The van der Waals surface area contributed by atoms with Crippen molar-refractivity contribution in [3.05, 3.63) is 30.1 Å². The molecule has 1 aliphatic heterocycles. The van der Waals surface area contributed by atoms with E-state index in [0.29, 0.717) is 25.5 Å². The summed E-state index contributed by atoms with van der Waals surface area (Å²) < 4.78 is 12.7. The smallest absolute Gasteiger partial charge is 0.163 e. The minimum atomic E-state index is 0.542. The predicted molar refractivity (Wildman–Crippen MR) is 66.8 cm³/mol. The minimum absolute atomic E-state index is 0.542. The number of alkyl halides is 1. The molecule has 0 saturated carbocycles. The lowest BCUT2D eigenvalue weighted by molar-refractivity contribution is 0.171. The Bertz CT molecular complexity index is 556. The zero-order chi connectivity index (χ0) is 12.4. The van der Waals surface area contributed by atoms with Crippen molar-refractivity contribution in [1.82, 2.24) is 15.0 Å². The fourth-order valence-corrected chi connectivity index (χ4v) is 2.00. The molecule has 0 bridgehead atoms. The number of hydrogen-bond acceptors (Lipinski definition) is 4. The lowest BCUT2D eigenvalue weighted by Crippen LogP contribution is -2.15. The van der Waals surface area contributed by atoms with Crippen LogP contribution in [0.1, 0.15) is 5.69 Å². The molecule has 0 atom stereocenters. The number of rotatable bonds is 3. The number of benzene rings is 1. The van der Waals surface area contributed by atoms with Crippen LogP contribution < -0.4 is 9.47 Å². The lowest BCUT2D eigenvalue weighted by atomic mass is 10.2. The van der Waals surface area contributed by atoms with E-state index in [-0.39, 0.29) is 0 Å². The van der Waals surface area contributed by atoms with Gasteiger partial charge in [-0.3, -0.25) is 0 Å². The molecular weight excluding hydrogens is 254 g/mol. The van der Waals surface area contributed by atoms with Crippen molar-refractivity contribution in [1.29, 1.82) is 0 Å². The highest BCUT2D eigenvalue weighted by Crippen LogP contribution is 2.31. The summed E-state index contributed by atoms with van der Waals surface area (Å²) in [4.78, 5) is 0. The second-order valence-corrected chi connectivity index (χ2v) is 4.30. The molecule has 3 rings (SSSR count). The van der Waals surface area contributed by atoms with Crippen LogP contribution in [-0.4, -0.2) is 34.1 Å². The van der Waals surface area contributed by atoms with Crippen LogP contribution in [0.15, 0.2) is 24.4 Å². The van der Waals surface area contributed by atoms with Crippen LogP contribution in [0.25, 0.3) is 5.69 Å². The maximum absolute atomic E-state index is 5.67. The van der Waals surface area contributed by atoms with Gasteiger partial charge in [0.05, 0.1) is 17.6 Å². The van der Waals surface area contributed by atoms with Crippen LogP contribution in [0.3, 0.4) is 0 Å². The zero-order valence-corrected chi connectivity index (χ0v) is 10.4. The number of aryl methyl sites for hydroxylation is 1. The van der Waals surface area contributed by atoms with Gasteiger partial charge in [0.15, 0.2) is 11.5 Å². The SMILES string of the molecule is ClCCc1cn(-c2ccc3c(c2)OCCO3)nn1. The Morgan fingerprint density at radius 2 is 2.06 bits per heavy atom. The van der Waals surface area contributed by atoms with Crippen LogP contribution in [-0.2, 0) is 6.42 Å². The molecule has 2 heterocycles. The summed E-state index contributed by atoms with van der Waals surface area (Å²) in [5.74, 6) is 2.05. The number of aromatic nitrogens is 3. The molecule has 0 radical (unpaired) electrons. The monoisotopic (exact) mass is 265 g/mol. The first-order valence-corrected chi connectivity index (χ1v) is 6.27. The van der Waals surface area contributed by atoms with Crippen LogP contribution in [0, 0.1) is 0 Å². The molecule has 1 aromatic heterocycles. The number of ether oxygens (including phenoxy) is 2. The van der Waals surface area contributed by atoms with Crippen molar-refractivity contribution in [2.75, 3.05) is 19.1 Å². The zero-order valence-electron chi connectivity index (χ0n) is 9.67. The molecule has 0 amide bonds. The van der Waals surface area contributed by atoms with E-state index in [4.69, 9.17) is 21.1 Å². The van der Waals surface area contributed by atoms with E-state index in [9.17, 15) is 0 Å². The van der Waals surface area contributed by atoms with E-state index in [0.717, 1.165) is 22.9 Å². The topological polar surface area (TPSA) is 49.2 Å². The summed E-state index contributed by atoms with van der Waals surface area (Å²) in [6.45, 7) is 1.17. The van der Waals surface area contributed by atoms with Crippen molar-refractivity contribution in [2.24, 2.45) is 0 Å². The lowest BCUT2D eigenvalue weighted by Gasteiger charge is -2.18. The highest BCUT2D eigenvalue weighted by molar-refractivity contribution is 6.17. The molecule has 94 valence electrons. The summed E-state index contributed by atoms with van der Waals surface area (Å²) in [5.41, 5.74) is 1.77. The molecule has 18 heavy (non-hydrogen) atoms. The Labute approximate surface area is 109 Å². The van der Waals surface area contributed by atoms with Gasteiger partial charge in [0, 0.05) is 18.4 Å². The van der Waals surface area contributed by atoms with Crippen LogP contribution in [0.5, 0.6) is 11.5 Å². The number of fused-ring (bicyclic) bond motifs is 1. The molecule has 5 nitrogen and oxygen atoms in total. The number of hydrogen-bond donors (Lipinski definition) is 0. The first-order chi connectivity index (χ1) is 8.86. The number of halogens is 1. The quantitative estimate of drug-likeness (QED) is 0.795. The Kier molecular flexibility index (Phi) is 3.06. The van der Waals surface area contributed by atoms with Gasteiger partial charge in [0.1, 0.15) is 13.2 Å². The third-order valence-electron chi connectivity index (χ3n) is 2.68. The van der Waals surface area contributed by atoms with Gasteiger partial charge in [-0.15, -0.1) is 16.7 Å². The van der Waals surface area contributed by atoms with E-state index in [1.165, 1.54) is 0 Å². The van der Waals surface area contributed by atoms with Gasteiger partial charge in [-0.05, 0) is 12.1 Å². The van der Waals surface area contributed by atoms with E-state index < -0.39 is 0 Å². The molecule has 0 aliphatic carbocycles. The van der Waals surface area contributed by atoms with Crippen LogP contribution in [0.4, 0.5) is 0 Å². The van der Waals surface area contributed by atoms with Gasteiger partial charge in [-0.2, -0.15) is 0 Å². The third kappa shape index (κ3) is 2.13. The fourth-order valence-electron chi connectivity index (χ4n) is 1.81. The molecule has 0 saturated heterocycles. The summed E-state index contributed by atoms with van der Waals surface area (Å²) in [6, 6.07) is 5.70. The fraction of sp³-hybridized carbons (Fsp3) is 0.333. The highest BCUT2D eigenvalue weighted by Gasteiger charge is 2.13. The minimum Gasteiger partial charge on any atom is -0.486 e. The predicted octanol–water partition coefficient (Wildman–Crippen LogP) is 1.82. The van der Waals surface area contributed by atoms with E-state index in [1.54, 1.807) is 4.68 Å². The second-order valence-electron chi connectivity index (χ2n) is 3.92. The van der Waals surface area contributed by atoms with Gasteiger partial charge in [0.2, 0.25) is 0 Å². The molecule has 0 spiro atoms.